The predicted octanol–water partition coefficient (Wildman–Crippen LogP) is 3.49. The van der Waals surface area contributed by atoms with Gasteiger partial charge < -0.3 is 14.4 Å². The summed E-state index contributed by atoms with van der Waals surface area (Å²) < 4.78 is 41.5. The van der Waals surface area contributed by atoms with Crippen molar-refractivity contribution >= 4 is 16.9 Å². The smallest absolute Gasteiger partial charge is 0.336 e. The second kappa shape index (κ2) is 8.43. The predicted molar refractivity (Wildman–Crippen MR) is 113 cm³/mol. The summed E-state index contributed by atoms with van der Waals surface area (Å²) in [5.74, 6) is -1.07. The first kappa shape index (κ1) is 22.1. The van der Waals surface area contributed by atoms with E-state index >= 15 is 0 Å². The van der Waals surface area contributed by atoms with Gasteiger partial charge in [-0.3, -0.25) is 9.69 Å². The molecule has 0 radical (unpaired) electrons. The molecule has 0 N–H and O–H groups in total. The molecule has 2 saturated heterocycles. The minimum absolute atomic E-state index is 0.144. The fraction of sp³-hybridized carbons (Fsp3) is 0.636. The first-order valence-electron chi connectivity index (χ1n) is 11.0. The number of hydrogen-bond acceptors (Lipinski definition) is 4. The molecule has 0 aliphatic carbocycles. The van der Waals surface area contributed by atoms with E-state index in [-0.39, 0.29) is 11.4 Å². The molecule has 0 bridgehead atoms. The molecule has 1 aromatic heterocycles. The third kappa shape index (κ3) is 4.43. The molecule has 0 spiro atoms. The molecule has 3 heterocycles. The van der Waals surface area contributed by atoms with Crippen LogP contribution in [0.1, 0.15) is 48.9 Å². The molecule has 9 heteroatoms. The van der Waals surface area contributed by atoms with E-state index < -0.39 is 18.0 Å². The number of rotatable bonds is 3. The van der Waals surface area contributed by atoms with Crippen LogP contribution in [0.25, 0.3) is 11.0 Å². The Labute approximate surface area is 180 Å². The number of piperazine rings is 1. The van der Waals surface area contributed by atoms with Gasteiger partial charge in [0.25, 0.3) is 5.91 Å². The number of hydrogen-bond donors (Lipinski definition) is 0. The number of carbonyl (C=O) groups excluding carboxylic acids is 1. The molecule has 2 fully saturated rings. The number of alkyl halides is 3. The number of likely N-dealkylation sites (N-methyl/N-ethyl adjacent to an activating group) is 1. The number of amides is 1. The third-order valence-electron chi connectivity index (χ3n) is 6.42. The molecule has 6 nitrogen and oxygen atoms in total. The monoisotopic (exact) mass is 437 g/mol. The van der Waals surface area contributed by atoms with Crippen LogP contribution in [0.4, 0.5) is 13.2 Å². The zero-order valence-corrected chi connectivity index (χ0v) is 18.3. The number of piperidine rings is 1. The lowest BCUT2D eigenvalue weighted by molar-refractivity contribution is -0.147. The van der Waals surface area contributed by atoms with Crippen molar-refractivity contribution in [3.63, 3.8) is 0 Å². The molecule has 1 atom stereocenters. The van der Waals surface area contributed by atoms with Gasteiger partial charge in [0.2, 0.25) is 5.82 Å². The zero-order valence-electron chi connectivity index (χ0n) is 18.3. The maximum atomic E-state index is 13.4. The van der Waals surface area contributed by atoms with Crippen LogP contribution >= 0.6 is 0 Å². The van der Waals surface area contributed by atoms with Crippen molar-refractivity contribution in [3.8, 4) is 0 Å². The van der Waals surface area contributed by atoms with Crippen molar-refractivity contribution in [1.82, 2.24) is 24.3 Å². The number of carbonyl (C=O) groups is 1. The number of aromatic nitrogens is 2. The molecule has 2 aliphatic rings. The van der Waals surface area contributed by atoms with E-state index in [1.54, 1.807) is 30.9 Å². The highest BCUT2D eigenvalue weighted by Gasteiger charge is 2.38. The summed E-state index contributed by atoms with van der Waals surface area (Å²) in [4.78, 5) is 23.5. The van der Waals surface area contributed by atoms with Crippen LogP contribution in [-0.2, 0) is 6.18 Å². The Balaban J connectivity index is 1.50. The lowest BCUT2D eigenvalue weighted by Crippen LogP contribution is -2.55. The van der Waals surface area contributed by atoms with E-state index in [4.69, 9.17) is 0 Å². The molecular weight excluding hydrogens is 407 g/mol. The molecule has 2 aromatic rings. The van der Waals surface area contributed by atoms with Crippen LogP contribution in [-0.4, -0.2) is 82.5 Å². The van der Waals surface area contributed by atoms with Gasteiger partial charge in [-0.05, 0) is 58.5 Å². The largest absolute Gasteiger partial charge is 0.449 e. The Morgan fingerprint density at radius 3 is 2.45 bits per heavy atom. The summed E-state index contributed by atoms with van der Waals surface area (Å²) in [5.41, 5.74) is 0.987. The van der Waals surface area contributed by atoms with Crippen molar-refractivity contribution in [3.05, 3.63) is 29.6 Å². The average Bonchev–Trinajstić information content (AvgIpc) is 3.13. The second-order valence-corrected chi connectivity index (χ2v) is 8.99. The van der Waals surface area contributed by atoms with Gasteiger partial charge in [-0.1, -0.05) is 0 Å². The number of likely N-dealkylation sites (tertiary alicyclic amines) is 1. The highest BCUT2D eigenvalue weighted by Crippen LogP contribution is 2.34. The van der Waals surface area contributed by atoms with Crippen LogP contribution in [0, 0.1) is 0 Å². The van der Waals surface area contributed by atoms with Crippen molar-refractivity contribution < 1.29 is 18.0 Å². The van der Waals surface area contributed by atoms with E-state index in [0.717, 1.165) is 26.2 Å². The van der Waals surface area contributed by atoms with Crippen molar-refractivity contribution in [2.24, 2.45) is 0 Å². The second-order valence-electron chi connectivity index (χ2n) is 8.99. The Kier molecular flexibility index (Phi) is 6.00. The zero-order chi connectivity index (χ0) is 22.3. The Hall–Kier alpha value is -2.13. The SMILES string of the molecule is CC(C)n1c(C(F)(F)F)nc2cc(C(=O)N3CCN(C4CCCN(C)C4)CC3)ccc21. The van der Waals surface area contributed by atoms with Crippen LogP contribution in [0.5, 0.6) is 0 Å². The molecule has 1 unspecified atom stereocenters. The fourth-order valence-corrected chi connectivity index (χ4v) is 4.86. The summed E-state index contributed by atoms with van der Waals surface area (Å²) >= 11 is 0. The van der Waals surface area contributed by atoms with E-state index in [2.05, 4.69) is 21.8 Å². The topological polar surface area (TPSA) is 44.6 Å². The molecule has 170 valence electrons. The summed E-state index contributed by atoms with van der Waals surface area (Å²) in [6.45, 7) is 8.50. The van der Waals surface area contributed by atoms with Gasteiger partial charge in [-0.2, -0.15) is 13.2 Å². The normalized spacial score (nSPS) is 21.9. The molecule has 31 heavy (non-hydrogen) atoms. The molecular formula is C22H30F3N5O. The van der Waals surface area contributed by atoms with E-state index in [1.807, 2.05) is 0 Å². The quantitative estimate of drug-likeness (QED) is 0.738. The standard InChI is InChI=1S/C22H30F3N5O/c1-15(2)30-19-7-6-16(13-18(19)26-21(30)22(23,24)25)20(31)29-11-9-28(10-12-29)17-5-4-8-27(3)14-17/h6-7,13,15,17H,4-5,8-12,14H2,1-3H3. The number of halogens is 3. The van der Waals surface area contributed by atoms with Gasteiger partial charge in [0.05, 0.1) is 11.0 Å². The molecule has 1 amide bonds. The number of benzene rings is 1. The summed E-state index contributed by atoms with van der Waals surface area (Å²) in [6.07, 6.45) is -2.16. The van der Waals surface area contributed by atoms with Gasteiger partial charge in [0.1, 0.15) is 0 Å². The van der Waals surface area contributed by atoms with Crippen LogP contribution in [0.2, 0.25) is 0 Å². The van der Waals surface area contributed by atoms with E-state index in [1.165, 1.54) is 23.5 Å². The van der Waals surface area contributed by atoms with Gasteiger partial charge in [-0.15, -0.1) is 0 Å². The molecule has 0 saturated carbocycles. The fourth-order valence-electron chi connectivity index (χ4n) is 4.86. The molecule has 2 aliphatic heterocycles. The van der Waals surface area contributed by atoms with Gasteiger partial charge >= 0.3 is 6.18 Å². The number of imidazole rings is 1. The highest BCUT2D eigenvalue weighted by molar-refractivity contribution is 5.97. The van der Waals surface area contributed by atoms with Crippen molar-refractivity contribution in [2.45, 2.75) is 44.9 Å². The van der Waals surface area contributed by atoms with Crippen molar-refractivity contribution in [2.75, 3.05) is 46.3 Å². The minimum atomic E-state index is -4.54. The summed E-state index contributed by atoms with van der Waals surface area (Å²) in [5, 5.41) is 0. The summed E-state index contributed by atoms with van der Waals surface area (Å²) in [7, 11) is 2.15. The minimum Gasteiger partial charge on any atom is -0.336 e. The maximum Gasteiger partial charge on any atom is 0.449 e. The lowest BCUT2D eigenvalue weighted by Gasteiger charge is -2.42. The third-order valence-corrected chi connectivity index (χ3v) is 6.42. The number of fused-ring (bicyclic) bond motifs is 1. The Bertz CT molecular complexity index is 947. The first-order chi connectivity index (χ1) is 14.6. The van der Waals surface area contributed by atoms with Crippen LogP contribution < -0.4 is 0 Å². The van der Waals surface area contributed by atoms with Crippen LogP contribution in [0.3, 0.4) is 0 Å². The van der Waals surface area contributed by atoms with Gasteiger partial charge in [0.15, 0.2) is 0 Å². The average molecular weight is 438 g/mol. The van der Waals surface area contributed by atoms with Gasteiger partial charge in [-0.25, -0.2) is 4.98 Å². The molecule has 1 aromatic carbocycles. The lowest BCUT2D eigenvalue weighted by atomic mass is 10.0. The van der Waals surface area contributed by atoms with Crippen LogP contribution in [0.15, 0.2) is 18.2 Å². The van der Waals surface area contributed by atoms with E-state index in [9.17, 15) is 18.0 Å². The Morgan fingerprint density at radius 1 is 1.13 bits per heavy atom. The number of nitrogens with zero attached hydrogens (tertiary/aromatic N) is 5. The first-order valence-corrected chi connectivity index (χ1v) is 11.0. The maximum absolute atomic E-state index is 13.4. The summed E-state index contributed by atoms with van der Waals surface area (Å²) in [6, 6.07) is 4.84. The molecule has 4 rings (SSSR count). The van der Waals surface area contributed by atoms with Gasteiger partial charge in [0, 0.05) is 50.4 Å². The van der Waals surface area contributed by atoms with E-state index in [0.29, 0.717) is 30.2 Å². The Morgan fingerprint density at radius 2 is 1.84 bits per heavy atom. The van der Waals surface area contributed by atoms with Crippen molar-refractivity contribution in [1.29, 1.82) is 0 Å². The highest BCUT2D eigenvalue weighted by atomic mass is 19.4.